The third kappa shape index (κ3) is 4.74. The van der Waals surface area contributed by atoms with Gasteiger partial charge in [0.15, 0.2) is 23.0 Å². The van der Waals surface area contributed by atoms with Crippen LogP contribution in [0.5, 0.6) is 11.5 Å². The van der Waals surface area contributed by atoms with E-state index < -0.39 is 23.3 Å². The third-order valence-corrected chi connectivity index (χ3v) is 5.47. The first-order chi connectivity index (χ1) is 17.5. The van der Waals surface area contributed by atoms with Crippen LogP contribution in [0.1, 0.15) is 15.9 Å². The van der Waals surface area contributed by atoms with E-state index in [9.17, 15) is 13.6 Å². The number of fused-ring (bicyclic) bond motifs is 1. The molecule has 0 saturated carbocycles. The monoisotopic (exact) mass is 486 g/mol. The number of rotatable bonds is 7. The van der Waals surface area contributed by atoms with E-state index in [1.165, 1.54) is 7.11 Å². The van der Waals surface area contributed by atoms with Crippen molar-refractivity contribution in [3.05, 3.63) is 108 Å². The summed E-state index contributed by atoms with van der Waals surface area (Å²) in [6.45, 7) is -0.0138. The number of carbonyl (C=O) groups is 1. The molecule has 0 unspecified atom stereocenters. The predicted molar refractivity (Wildman–Crippen MR) is 131 cm³/mol. The lowest BCUT2D eigenvalue weighted by molar-refractivity contribution is 0.102. The van der Waals surface area contributed by atoms with Gasteiger partial charge in [0.25, 0.3) is 5.91 Å². The second-order valence-electron chi connectivity index (χ2n) is 7.90. The summed E-state index contributed by atoms with van der Waals surface area (Å²) >= 11 is 0. The number of ether oxygens (including phenoxy) is 2. The van der Waals surface area contributed by atoms with Crippen LogP contribution in [0.3, 0.4) is 0 Å². The zero-order chi connectivity index (χ0) is 25.1. The van der Waals surface area contributed by atoms with Crippen LogP contribution in [0, 0.1) is 11.6 Å². The Balaban J connectivity index is 1.38. The molecule has 1 heterocycles. The molecule has 0 radical (unpaired) electrons. The molecule has 5 aromatic rings. The lowest BCUT2D eigenvalue weighted by atomic mass is 10.1. The van der Waals surface area contributed by atoms with Gasteiger partial charge >= 0.3 is 0 Å². The number of para-hydroxylation sites is 2. The number of hydrogen-bond acceptors (Lipinski definition) is 5. The van der Waals surface area contributed by atoms with Gasteiger partial charge in [0, 0.05) is 11.1 Å². The van der Waals surface area contributed by atoms with E-state index in [1.54, 1.807) is 48.5 Å². The van der Waals surface area contributed by atoms with E-state index in [-0.39, 0.29) is 17.9 Å². The minimum absolute atomic E-state index is 0.0138. The predicted octanol–water partition coefficient (Wildman–Crippen LogP) is 6.61. The second kappa shape index (κ2) is 9.87. The van der Waals surface area contributed by atoms with Gasteiger partial charge in [-0.2, -0.15) is 0 Å². The molecule has 4 aromatic carbocycles. The molecule has 0 aliphatic carbocycles. The molecule has 0 fully saturated rings. The van der Waals surface area contributed by atoms with Crippen LogP contribution in [0.4, 0.5) is 14.5 Å². The van der Waals surface area contributed by atoms with E-state index in [4.69, 9.17) is 13.9 Å². The summed E-state index contributed by atoms with van der Waals surface area (Å²) in [5.41, 5.74) is 2.72. The van der Waals surface area contributed by atoms with Gasteiger partial charge in [0.05, 0.1) is 12.8 Å². The van der Waals surface area contributed by atoms with Crippen molar-refractivity contribution in [2.45, 2.75) is 6.61 Å². The maximum absolute atomic E-state index is 14.7. The summed E-state index contributed by atoms with van der Waals surface area (Å²) in [6, 6.07) is 23.1. The van der Waals surface area contributed by atoms with Crippen molar-refractivity contribution in [3.63, 3.8) is 0 Å². The highest BCUT2D eigenvalue weighted by atomic mass is 19.1. The molecule has 8 heteroatoms. The van der Waals surface area contributed by atoms with Gasteiger partial charge in [-0.25, -0.2) is 13.8 Å². The fraction of sp³-hybridized carbons (Fsp3) is 0.0714. The number of oxazole rings is 1. The minimum Gasteiger partial charge on any atom is -0.495 e. The molecule has 6 nitrogen and oxygen atoms in total. The SMILES string of the molecule is COc1ccc(-c2nc3ccccc3o2)cc1NC(=O)c1cc(F)c(OCc2ccccc2)c(F)c1. The van der Waals surface area contributed by atoms with Crippen molar-refractivity contribution >= 4 is 22.7 Å². The molecule has 0 atom stereocenters. The van der Waals surface area contributed by atoms with Crippen molar-refractivity contribution in [2.24, 2.45) is 0 Å². The Hall–Kier alpha value is -4.72. The first kappa shape index (κ1) is 23.0. The standard InChI is InChI=1S/C28H20F2N2O4/c1-34-24-12-11-18(28-32-22-9-5-6-10-25(22)36-28)15-23(24)31-27(33)19-13-20(29)26(21(30)14-19)35-16-17-7-3-2-4-8-17/h2-15H,16H2,1H3,(H,31,33). The summed E-state index contributed by atoms with van der Waals surface area (Å²) in [5.74, 6) is -2.54. The van der Waals surface area contributed by atoms with Crippen LogP contribution >= 0.6 is 0 Å². The Morgan fingerprint density at radius 3 is 2.39 bits per heavy atom. The van der Waals surface area contributed by atoms with Crippen LogP contribution in [-0.4, -0.2) is 18.0 Å². The van der Waals surface area contributed by atoms with Crippen molar-refractivity contribution in [1.82, 2.24) is 4.98 Å². The van der Waals surface area contributed by atoms with Crippen molar-refractivity contribution in [3.8, 4) is 23.0 Å². The molecule has 0 aliphatic rings. The van der Waals surface area contributed by atoms with Gasteiger partial charge in [-0.05, 0) is 48.0 Å². The molecule has 180 valence electrons. The summed E-state index contributed by atoms with van der Waals surface area (Å²) in [7, 11) is 1.45. The molecule has 0 aliphatic heterocycles. The fourth-order valence-electron chi connectivity index (χ4n) is 3.69. The summed E-state index contributed by atoms with van der Waals surface area (Å²) in [6.07, 6.45) is 0. The largest absolute Gasteiger partial charge is 0.495 e. The number of nitrogens with one attached hydrogen (secondary N) is 1. The van der Waals surface area contributed by atoms with Crippen LogP contribution in [0.25, 0.3) is 22.6 Å². The van der Waals surface area contributed by atoms with Crippen LogP contribution in [0.2, 0.25) is 0 Å². The molecule has 0 saturated heterocycles. The van der Waals surface area contributed by atoms with E-state index >= 15 is 0 Å². The molecule has 36 heavy (non-hydrogen) atoms. The Morgan fingerprint density at radius 2 is 1.67 bits per heavy atom. The quantitative estimate of drug-likeness (QED) is 0.280. The van der Waals surface area contributed by atoms with E-state index in [0.717, 1.165) is 17.7 Å². The average Bonchev–Trinajstić information content (AvgIpc) is 3.33. The number of anilines is 1. The zero-order valence-corrected chi connectivity index (χ0v) is 19.1. The highest BCUT2D eigenvalue weighted by molar-refractivity contribution is 6.05. The molecule has 0 bridgehead atoms. The van der Waals surface area contributed by atoms with Gasteiger partial charge < -0.3 is 19.2 Å². The topological polar surface area (TPSA) is 73.6 Å². The maximum atomic E-state index is 14.7. The van der Waals surface area contributed by atoms with Gasteiger partial charge in [-0.3, -0.25) is 4.79 Å². The van der Waals surface area contributed by atoms with Crippen molar-refractivity contribution in [2.75, 3.05) is 12.4 Å². The van der Waals surface area contributed by atoms with E-state index in [0.29, 0.717) is 28.3 Å². The molecule has 5 rings (SSSR count). The molecule has 1 aromatic heterocycles. The molecular formula is C28H20F2N2O4. The first-order valence-electron chi connectivity index (χ1n) is 11.0. The zero-order valence-electron chi connectivity index (χ0n) is 19.1. The number of hydrogen-bond donors (Lipinski definition) is 1. The van der Waals surface area contributed by atoms with Gasteiger partial charge in [-0.15, -0.1) is 0 Å². The Kier molecular flexibility index (Phi) is 6.32. The average molecular weight is 486 g/mol. The number of amides is 1. The molecule has 1 N–H and O–H groups in total. The number of nitrogens with zero attached hydrogens (tertiary/aromatic N) is 1. The fourth-order valence-corrected chi connectivity index (χ4v) is 3.69. The number of benzene rings is 4. The van der Waals surface area contributed by atoms with Gasteiger partial charge in [0.2, 0.25) is 5.89 Å². The smallest absolute Gasteiger partial charge is 0.255 e. The normalized spacial score (nSPS) is 10.9. The summed E-state index contributed by atoms with van der Waals surface area (Å²) in [5, 5.41) is 2.65. The van der Waals surface area contributed by atoms with Gasteiger partial charge in [-0.1, -0.05) is 42.5 Å². The molecule has 1 amide bonds. The second-order valence-corrected chi connectivity index (χ2v) is 7.90. The number of aromatic nitrogens is 1. The minimum atomic E-state index is -0.983. The van der Waals surface area contributed by atoms with Crippen LogP contribution in [0.15, 0.2) is 89.3 Å². The van der Waals surface area contributed by atoms with Crippen LogP contribution < -0.4 is 14.8 Å². The lowest BCUT2D eigenvalue weighted by Crippen LogP contribution is -2.14. The summed E-state index contributed by atoms with van der Waals surface area (Å²) in [4.78, 5) is 17.3. The van der Waals surface area contributed by atoms with Crippen molar-refractivity contribution in [1.29, 1.82) is 0 Å². The van der Waals surface area contributed by atoms with E-state index in [2.05, 4.69) is 10.3 Å². The van der Waals surface area contributed by atoms with Crippen molar-refractivity contribution < 1.29 is 27.5 Å². The van der Waals surface area contributed by atoms with E-state index in [1.807, 2.05) is 24.3 Å². The third-order valence-electron chi connectivity index (χ3n) is 5.47. The summed E-state index contributed by atoms with van der Waals surface area (Å²) < 4.78 is 45.8. The van der Waals surface area contributed by atoms with Gasteiger partial charge in [0.1, 0.15) is 17.9 Å². The Bertz CT molecular complexity index is 1490. The highest BCUT2D eigenvalue weighted by Crippen LogP contribution is 2.33. The Labute approximate surface area is 205 Å². The lowest BCUT2D eigenvalue weighted by Gasteiger charge is -2.13. The maximum Gasteiger partial charge on any atom is 0.255 e. The highest BCUT2D eigenvalue weighted by Gasteiger charge is 2.19. The molecule has 0 spiro atoms. The first-order valence-corrected chi connectivity index (χ1v) is 11.0. The number of methoxy groups -OCH3 is 1. The number of halogens is 2. The number of carbonyl (C=O) groups excluding carboxylic acids is 1. The van der Waals surface area contributed by atoms with Crippen LogP contribution in [-0.2, 0) is 6.61 Å². The molecular weight excluding hydrogens is 466 g/mol. The Morgan fingerprint density at radius 1 is 0.944 bits per heavy atom.